The molecule has 79 heavy (non-hydrogen) atoms. The fraction of sp³-hybridized carbons (Fsp3) is 0.407. The molecule has 0 saturated heterocycles. The zero-order chi connectivity index (χ0) is 58.7. The second kappa shape index (κ2) is 45.3. The van der Waals surface area contributed by atoms with E-state index in [4.69, 9.17) is 29.9 Å². The van der Waals surface area contributed by atoms with E-state index in [2.05, 4.69) is 188 Å². The molecule has 5 rings (SSSR count). The summed E-state index contributed by atoms with van der Waals surface area (Å²) >= 11 is 6.71. The maximum atomic E-state index is 12.4. The molecule has 2 atom stereocenters. The molecular weight excluding hydrogens is 1160 g/mol. The van der Waals surface area contributed by atoms with Gasteiger partial charge in [-0.3, -0.25) is 35.2 Å². The fourth-order valence-electron chi connectivity index (χ4n) is 7.40. The normalized spacial score (nSPS) is 11.9. The molecule has 13 nitrogen and oxygen atoms in total. The van der Waals surface area contributed by atoms with Crippen LogP contribution in [0.15, 0.2) is 178 Å². The maximum absolute atomic E-state index is 12.4. The van der Waals surface area contributed by atoms with E-state index in [1.165, 1.54) is 12.0 Å². The Hall–Kier alpha value is -3.25. The molecule has 5 aromatic rings. The van der Waals surface area contributed by atoms with Gasteiger partial charge in [-0.25, -0.2) is 9.55 Å². The van der Waals surface area contributed by atoms with E-state index in [9.17, 15) is 4.57 Å². The van der Waals surface area contributed by atoms with Crippen molar-refractivity contribution < 1.29 is 40.2 Å². The van der Waals surface area contributed by atoms with Crippen LogP contribution in [0.1, 0.15) is 111 Å². The van der Waals surface area contributed by atoms with Gasteiger partial charge in [-0.2, -0.15) is 0 Å². The third kappa shape index (κ3) is 32.8. The summed E-state index contributed by atoms with van der Waals surface area (Å²) in [6.07, 6.45) is 7.92. The Kier molecular flexibility index (Phi) is 45.8. The average Bonchev–Trinajstić information content (AvgIpc) is 3.38. The number of nitrogens with zero attached hydrogens (tertiary/aromatic N) is 7. The molecule has 0 fully saturated rings. The summed E-state index contributed by atoms with van der Waals surface area (Å²) in [4.78, 5) is 11.6. The van der Waals surface area contributed by atoms with Gasteiger partial charge in [-0.1, -0.05) is 73.4 Å². The van der Waals surface area contributed by atoms with Crippen LogP contribution < -0.4 is 35.6 Å². The zero-order valence-corrected chi connectivity index (χ0v) is 57.3. The van der Waals surface area contributed by atoms with E-state index < -0.39 is 31.7 Å². The molecule has 0 radical (unpaired) electrons. The molecule has 0 aliphatic carbocycles. The number of para-hydroxylation sites is 2. The van der Waals surface area contributed by atoms with Gasteiger partial charge in [-0.05, 0) is 171 Å². The molecule has 2 aromatic carbocycles. The number of aromatic hydroxyl groups is 1. The maximum Gasteiger partial charge on any atom is 2.00 e. The summed E-state index contributed by atoms with van der Waals surface area (Å²) in [7, 11) is -5.52. The first-order valence-electron chi connectivity index (χ1n) is 25.8. The van der Waals surface area contributed by atoms with Crippen molar-refractivity contribution in [3.63, 3.8) is 0 Å². The van der Waals surface area contributed by atoms with Gasteiger partial charge >= 0.3 is 38.9 Å². The molecule has 0 aliphatic rings. The minimum Gasteiger partial charge on any atom is -1.00 e. The van der Waals surface area contributed by atoms with Crippen LogP contribution in [0.5, 0.6) is 23.1 Å². The summed E-state index contributed by atoms with van der Waals surface area (Å²) in [6, 6.07) is 34.9. The van der Waals surface area contributed by atoms with Crippen molar-refractivity contribution in [1.29, 1.82) is 0 Å². The van der Waals surface area contributed by atoms with Crippen molar-refractivity contribution in [2.24, 2.45) is 0 Å². The Morgan fingerprint density at radius 1 is 0.570 bits per heavy atom. The first kappa shape index (κ1) is 80.0. The number of hydrogen-bond donors (Lipinski definition) is 2. The Balaban J connectivity index is -0.000000918. The number of hydrogen-bond acceptors (Lipinski definition) is 12. The third-order valence-corrected chi connectivity index (χ3v) is 19.3. The van der Waals surface area contributed by atoms with Crippen molar-refractivity contribution in [3.05, 3.63) is 184 Å². The van der Waals surface area contributed by atoms with Crippen molar-refractivity contribution >= 4 is 71.7 Å². The van der Waals surface area contributed by atoms with Crippen LogP contribution in [0.3, 0.4) is 0 Å². The molecule has 0 amide bonds. The third-order valence-electron chi connectivity index (χ3n) is 9.98. The standard InChI is InChI=1S/C14H31N2P.C13H13N2O2P.C13H12NO2P.C12H28ClN2P.C5H5NO.C2H3.BrH.Mg/c1-10-17(15(11(2)3)12(4)5)16(13(6)7)14(8)9;1-2-18(16,15-12-8-4-3-5-9-12)17-13-10-6-7-11-14-13;1-2-17(15-12-7-4-3-5-8-12)16-13-9-6-10-14-11-13;1-9(2)14(10(3)4)16(13)15(11(5)6)12(7)8;7-5-2-1-3-6-4-5;1-2;;/h10-14H,1H2,2-9H3;2-11H,1H2,(H,15,16);2-11H,1H2;9-12H,1-8H3;1-4,7H;1H,2H2;1H;/q;;;;;-1;;+2/p-1. The van der Waals surface area contributed by atoms with Gasteiger partial charge in [-0.15, -0.1) is 0 Å². The molecular formula is C59H92BrClMgN8O5P4. The van der Waals surface area contributed by atoms with Crippen LogP contribution in [0.2, 0.25) is 0 Å². The summed E-state index contributed by atoms with van der Waals surface area (Å²) in [5, 5.41) is 11.4. The summed E-state index contributed by atoms with van der Waals surface area (Å²) < 4.78 is 39.1. The molecule has 2 unspecified atom stereocenters. The number of benzene rings is 2. The van der Waals surface area contributed by atoms with Gasteiger partial charge in [0.25, 0.3) is 0 Å². The number of rotatable bonds is 23. The van der Waals surface area contributed by atoms with Gasteiger partial charge < -0.3 is 47.3 Å². The monoisotopic (exact) mass is 1250 g/mol. The minimum atomic E-state index is -3.19. The van der Waals surface area contributed by atoms with E-state index in [1.54, 1.807) is 73.1 Å². The Labute approximate surface area is 513 Å². The van der Waals surface area contributed by atoms with Gasteiger partial charge in [0.15, 0.2) is 0 Å². The van der Waals surface area contributed by atoms with Crippen LogP contribution >= 0.6 is 42.9 Å². The van der Waals surface area contributed by atoms with E-state index in [0.717, 1.165) is 5.75 Å². The number of anilines is 1. The van der Waals surface area contributed by atoms with Crippen LogP contribution in [0.25, 0.3) is 0 Å². The van der Waals surface area contributed by atoms with E-state index >= 15 is 0 Å². The van der Waals surface area contributed by atoms with Crippen LogP contribution in [-0.2, 0) is 4.57 Å². The smallest absolute Gasteiger partial charge is 1.00 e. The zero-order valence-electron chi connectivity index (χ0n) is 49.9. The van der Waals surface area contributed by atoms with Crippen molar-refractivity contribution in [1.82, 2.24) is 33.6 Å². The average molecular weight is 1260 g/mol. The molecule has 3 heterocycles. The second-order valence-electron chi connectivity index (χ2n) is 18.9. The van der Waals surface area contributed by atoms with E-state index in [0.29, 0.717) is 65.7 Å². The topological polar surface area (TPSA) is 129 Å². The first-order valence-corrected chi connectivity index (χ1v) is 32.2. The predicted molar refractivity (Wildman–Crippen MR) is 342 cm³/mol. The molecule has 2 N–H and O–H groups in total. The van der Waals surface area contributed by atoms with Gasteiger partial charge in [0.1, 0.15) is 24.8 Å². The van der Waals surface area contributed by atoms with Gasteiger partial charge in [0.05, 0.1) is 20.6 Å². The van der Waals surface area contributed by atoms with Gasteiger partial charge in [0, 0.05) is 90.3 Å². The molecule has 434 valence electrons. The summed E-state index contributed by atoms with van der Waals surface area (Å²) in [6.45, 7) is 54.3. The Morgan fingerprint density at radius 2 is 0.975 bits per heavy atom. The molecule has 0 spiro atoms. The quantitative estimate of drug-likeness (QED) is 0.0366. The second-order valence-corrected chi connectivity index (χ2v) is 26.4. The SMILES string of the molecule is C=CP(=O)(Nc1ccccc1)Oc1ccccn1.C=CP(N(C(C)C)C(C)C)N(C(C)C)C(C)C.C=CP(Oc1ccccc1)Oc1cccnc1.CC(C)N(C(C)C)P(Cl)N(C(C)C)C(C)C.Oc1cccnc1.[Br-].[CH-]=C.[Mg+2]. The van der Waals surface area contributed by atoms with Crippen LogP contribution in [0.4, 0.5) is 5.69 Å². The fourth-order valence-corrected chi connectivity index (χ4v) is 15.7. The predicted octanol–water partition coefficient (Wildman–Crippen LogP) is 15.3. The molecule has 0 bridgehead atoms. The number of nitrogens with one attached hydrogen (secondary N) is 1. The van der Waals surface area contributed by atoms with Crippen molar-refractivity contribution in [2.75, 3.05) is 5.09 Å². The molecule has 20 heteroatoms. The Bertz CT molecular complexity index is 2170. The van der Waals surface area contributed by atoms with Gasteiger partial charge in [0.2, 0.25) is 5.88 Å². The molecule has 0 aliphatic heterocycles. The van der Waals surface area contributed by atoms with Crippen LogP contribution in [-0.4, -0.2) is 110 Å². The minimum absolute atomic E-state index is 0. The van der Waals surface area contributed by atoms with Crippen molar-refractivity contribution in [3.8, 4) is 23.1 Å². The number of pyridine rings is 3. The van der Waals surface area contributed by atoms with Crippen LogP contribution in [0, 0.1) is 6.58 Å². The van der Waals surface area contributed by atoms with Crippen molar-refractivity contribution in [2.45, 2.75) is 159 Å². The summed E-state index contributed by atoms with van der Waals surface area (Å²) in [5.74, 6) is 7.03. The number of aromatic nitrogens is 3. The molecule has 3 aromatic heterocycles. The number of halogens is 2. The Morgan fingerprint density at radius 3 is 1.30 bits per heavy atom. The molecule has 0 saturated carbocycles. The first-order chi connectivity index (χ1) is 36.4. The largest absolute Gasteiger partial charge is 2.00 e. The van der Waals surface area contributed by atoms with E-state index in [1.807, 2.05) is 60.7 Å². The summed E-state index contributed by atoms with van der Waals surface area (Å²) in [5.41, 5.74) is 0.705. The van der Waals surface area contributed by atoms with E-state index in [-0.39, 0.29) is 45.8 Å².